The molecule has 1 aromatic rings. The molecule has 0 bridgehead atoms. The van der Waals surface area contributed by atoms with E-state index in [4.69, 9.17) is 10.5 Å². The van der Waals surface area contributed by atoms with E-state index < -0.39 is 0 Å². The Balaban J connectivity index is 1.76. The number of carbonyl (C=O) groups excluding carboxylic acids is 1. The topological polar surface area (TPSA) is 55.6 Å². The number of ether oxygens (including phenoxy) is 1. The molecule has 1 amide bonds. The Labute approximate surface area is 139 Å². The molecule has 126 valence electrons. The Morgan fingerprint density at radius 3 is 2.70 bits per heavy atom. The number of benzene rings is 1. The highest BCUT2D eigenvalue weighted by molar-refractivity contribution is 5.80. The van der Waals surface area contributed by atoms with Crippen molar-refractivity contribution in [2.45, 2.75) is 57.2 Å². The molecule has 0 unspecified atom stereocenters. The van der Waals surface area contributed by atoms with Gasteiger partial charge in [-0.15, -0.1) is 0 Å². The standard InChI is InChI=1S/C19H28N2O2/c1-19(2)13-23-17(14-7-4-3-5-8-14)12-21(19)18(22)15-9-6-10-16(20)11-15/h3-5,7-8,15-17H,6,9-13,20H2,1-2H3/t15-,16+,17-/m0/s1. The maximum absolute atomic E-state index is 13.1. The van der Waals surface area contributed by atoms with Crippen molar-refractivity contribution in [3.05, 3.63) is 35.9 Å². The van der Waals surface area contributed by atoms with Gasteiger partial charge in [-0.1, -0.05) is 36.8 Å². The second-order valence-corrected chi connectivity index (χ2v) is 7.60. The number of nitrogens with zero attached hydrogens (tertiary/aromatic N) is 1. The maximum atomic E-state index is 13.1. The van der Waals surface area contributed by atoms with E-state index in [1.54, 1.807) is 0 Å². The van der Waals surface area contributed by atoms with Crippen LogP contribution < -0.4 is 5.73 Å². The van der Waals surface area contributed by atoms with Gasteiger partial charge in [0.2, 0.25) is 5.91 Å². The minimum atomic E-state index is -0.260. The monoisotopic (exact) mass is 316 g/mol. The lowest BCUT2D eigenvalue weighted by Crippen LogP contribution is -2.58. The van der Waals surface area contributed by atoms with Gasteiger partial charge in [-0.05, 0) is 38.7 Å². The summed E-state index contributed by atoms with van der Waals surface area (Å²) in [5.41, 5.74) is 6.96. The number of hydrogen-bond donors (Lipinski definition) is 1. The zero-order valence-corrected chi connectivity index (χ0v) is 14.2. The van der Waals surface area contributed by atoms with Crippen molar-refractivity contribution in [1.29, 1.82) is 0 Å². The average Bonchev–Trinajstić information content (AvgIpc) is 2.55. The number of rotatable bonds is 2. The lowest BCUT2D eigenvalue weighted by Gasteiger charge is -2.47. The molecule has 1 saturated carbocycles. The van der Waals surface area contributed by atoms with Crippen LogP contribution in [0.4, 0.5) is 0 Å². The van der Waals surface area contributed by atoms with Crippen LogP contribution in [0.1, 0.15) is 51.2 Å². The Hall–Kier alpha value is -1.39. The highest BCUT2D eigenvalue weighted by Crippen LogP contribution is 2.34. The van der Waals surface area contributed by atoms with Crippen molar-refractivity contribution in [1.82, 2.24) is 4.90 Å². The first-order valence-corrected chi connectivity index (χ1v) is 8.71. The summed E-state index contributed by atoms with van der Waals surface area (Å²) < 4.78 is 6.05. The minimum Gasteiger partial charge on any atom is -0.369 e. The Kier molecular flexibility index (Phi) is 4.74. The predicted molar refractivity (Wildman–Crippen MR) is 90.9 cm³/mol. The predicted octanol–water partition coefficient (Wildman–Crippen LogP) is 2.88. The summed E-state index contributed by atoms with van der Waals surface area (Å²) >= 11 is 0. The second kappa shape index (κ2) is 6.62. The van der Waals surface area contributed by atoms with Crippen LogP contribution in [0, 0.1) is 5.92 Å². The van der Waals surface area contributed by atoms with E-state index in [1.807, 2.05) is 23.1 Å². The average molecular weight is 316 g/mol. The molecule has 4 nitrogen and oxygen atoms in total. The summed E-state index contributed by atoms with van der Waals surface area (Å²) in [7, 11) is 0. The molecule has 1 aliphatic heterocycles. The second-order valence-electron chi connectivity index (χ2n) is 7.60. The first-order valence-electron chi connectivity index (χ1n) is 8.71. The summed E-state index contributed by atoms with van der Waals surface area (Å²) in [4.78, 5) is 15.1. The van der Waals surface area contributed by atoms with Gasteiger partial charge in [0.05, 0.1) is 18.7 Å². The zero-order valence-electron chi connectivity index (χ0n) is 14.2. The lowest BCUT2D eigenvalue weighted by atomic mass is 9.84. The first-order chi connectivity index (χ1) is 11.0. The number of carbonyl (C=O) groups is 1. The van der Waals surface area contributed by atoms with Crippen molar-refractivity contribution < 1.29 is 9.53 Å². The summed E-state index contributed by atoms with van der Waals surface area (Å²) in [5, 5.41) is 0. The molecule has 4 heteroatoms. The van der Waals surface area contributed by atoms with Crippen LogP contribution in [-0.2, 0) is 9.53 Å². The molecule has 0 radical (unpaired) electrons. The summed E-state index contributed by atoms with van der Waals surface area (Å²) in [5.74, 6) is 0.335. The van der Waals surface area contributed by atoms with Crippen LogP contribution in [-0.4, -0.2) is 35.5 Å². The largest absolute Gasteiger partial charge is 0.369 e. The molecule has 0 aromatic heterocycles. The van der Waals surface area contributed by atoms with Crippen molar-refractivity contribution in [3.8, 4) is 0 Å². The van der Waals surface area contributed by atoms with Crippen LogP contribution in [0.5, 0.6) is 0 Å². The van der Waals surface area contributed by atoms with Gasteiger partial charge < -0.3 is 15.4 Å². The highest BCUT2D eigenvalue weighted by Gasteiger charge is 2.41. The highest BCUT2D eigenvalue weighted by atomic mass is 16.5. The van der Waals surface area contributed by atoms with Crippen LogP contribution in [0.15, 0.2) is 30.3 Å². The number of nitrogens with two attached hydrogens (primary N) is 1. The van der Waals surface area contributed by atoms with Gasteiger partial charge in [0, 0.05) is 12.0 Å². The molecule has 2 N–H and O–H groups in total. The Bertz CT molecular complexity index is 544. The smallest absolute Gasteiger partial charge is 0.226 e. The number of amides is 1. The van der Waals surface area contributed by atoms with Crippen LogP contribution in [0.3, 0.4) is 0 Å². The van der Waals surface area contributed by atoms with Crippen LogP contribution in [0.25, 0.3) is 0 Å². The van der Waals surface area contributed by atoms with Gasteiger partial charge in [0.15, 0.2) is 0 Å². The SMILES string of the molecule is CC1(C)CO[C@H](c2ccccc2)CN1C(=O)[C@H]1CCC[C@@H](N)C1. The van der Waals surface area contributed by atoms with Gasteiger partial charge in [-0.3, -0.25) is 4.79 Å². The molecule has 3 atom stereocenters. The van der Waals surface area contributed by atoms with E-state index in [-0.39, 0.29) is 29.5 Å². The molecule has 1 saturated heterocycles. The van der Waals surface area contributed by atoms with Crippen molar-refractivity contribution >= 4 is 5.91 Å². The Morgan fingerprint density at radius 2 is 2.00 bits per heavy atom. The fraction of sp³-hybridized carbons (Fsp3) is 0.632. The quantitative estimate of drug-likeness (QED) is 0.913. The van der Waals surface area contributed by atoms with Crippen LogP contribution >= 0.6 is 0 Å². The van der Waals surface area contributed by atoms with Gasteiger partial charge in [0.25, 0.3) is 0 Å². The van der Waals surface area contributed by atoms with Crippen molar-refractivity contribution in [2.75, 3.05) is 13.2 Å². The molecule has 0 spiro atoms. The third-order valence-electron chi connectivity index (χ3n) is 5.22. The molecule has 23 heavy (non-hydrogen) atoms. The molecule has 3 rings (SSSR count). The summed E-state index contributed by atoms with van der Waals surface area (Å²) in [6.07, 6.45) is 3.86. The molecular formula is C19H28N2O2. The molecule has 1 aliphatic carbocycles. The fourth-order valence-electron chi connectivity index (χ4n) is 3.78. The van der Waals surface area contributed by atoms with E-state index in [1.165, 1.54) is 0 Å². The van der Waals surface area contributed by atoms with Gasteiger partial charge in [0.1, 0.15) is 6.10 Å². The molecule has 1 aromatic carbocycles. The van der Waals surface area contributed by atoms with E-state index in [9.17, 15) is 4.79 Å². The van der Waals surface area contributed by atoms with Crippen LogP contribution in [0.2, 0.25) is 0 Å². The third-order valence-corrected chi connectivity index (χ3v) is 5.22. The third kappa shape index (κ3) is 3.59. The molecule has 2 aliphatic rings. The summed E-state index contributed by atoms with van der Waals surface area (Å²) in [6.45, 7) is 5.38. The van der Waals surface area contributed by atoms with Crippen molar-refractivity contribution in [2.24, 2.45) is 11.7 Å². The van der Waals surface area contributed by atoms with Gasteiger partial charge >= 0.3 is 0 Å². The van der Waals surface area contributed by atoms with E-state index >= 15 is 0 Å². The normalized spacial score (nSPS) is 30.9. The minimum absolute atomic E-state index is 0.0366. The molecule has 2 fully saturated rings. The number of hydrogen-bond acceptors (Lipinski definition) is 3. The Morgan fingerprint density at radius 1 is 1.26 bits per heavy atom. The molecular weight excluding hydrogens is 288 g/mol. The van der Waals surface area contributed by atoms with E-state index in [0.717, 1.165) is 31.2 Å². The van der Waals surface area contributed by atoms with E-state index in [0.29, 0.717) is 13.2 Å². The molecule has 1 heterocycles. The summed E-state index contributed by atoms with van der Waals surface area (Å²) in [6, 6.07) is 10.4. The van der Waals surface area contributed by atoms with E-state index in [2.05, 4.69) is 26.0 Å². The fourth-order valence-corrected chi connectivity index (χ4v) is 3.78. The lowest BCUT2D eigenvalue weighted by molar-refractivity contribution is -0.160. The zero-order chi connectivity index (χ0) is 16.4. The first kappa shape index (κ1) is 16.5. The van der Waals surface area contributed by atoms with Crippen molar-refractivity contribution in [3.63, 3.8) is 0 Å². The maximum Gasteiger partial charge on any atom is 0.226 e. The van der Waals surface area contributed by atoms with Gasteiger partial charge in [-0.25, -0.2) is 0 Å². The number of morpholine rings is 1. The van der Waals surface area contributed by atoms with Gasteiger partial charge in [-0.2, -0.15) is 0 Å².